The Morgan fingerprint density at radius 3 is 2.64 bits per heavy atom. The number of aromatic nitrogens is 2. The van der Waals surface area contributed by atoms with Crippen LogP contribution in [0.2, 0.25) is 0 Å². The summed E-state index contributed by atoms with van der Waals surface area (Å²) in [5.41, 5.74) is 0. The number of carbonyl (C=O) groups is 1. The lowest BCUT2D eigenvalue weighted by Gasteiger charge is -2.35. The van der Waals surface area contributed by atoms with Crippen molar-refractivity contribution in [1.29, 1.82) is 0 Å². The van der Waals surface area contributed by atoms with E-state index in [-0.39, 0.29) is 24.2 Å². The van der Waals surface area contributed by atoms with E-state index in [4.69, 9.17) is 9.26 Å². The molecular formula is C15H26N4O3. The van der Waals surface area contributed by atoms with Gasteiger partial charge in [0, 0.05) is 32.0 Å². The van der Waals surface area contributed by atoms with Gasteiger partial charge in [0.1, 0.15) is 0 Å². The summed E-state index contributed by atoms with van der Waals surface area (Å²) >= 11 is 0. The summed E-state index contributed by atoms with van der Waals surface area (Å²) in [5, 5.41) is 6.86. The molecule has 2 heterocycles. The zero-order valence-corrected chi connectivity index (χ0v) is 13.8. The third kappa shape index (κ3) is 4.69. The third-order valence-electron chi connectivity index (χ3n) is 3.55. The van der Waals surface area contributed by atoms with E-state index in [0.29, 0.717) is 31.9 Å². The number of aryl methyl sites for hydroxylation is 1. The molecule has 2 rings (SSSR count). The summed E-state index contributed by atoms with van der Waals surface area (Å²) in [6.45, 7) is 9.89. The van der Waals surface area contributed by atoms with E-state index < -0.39 is 0 Å². The molecule has 2 amide bonds. The minimum Gasteiger partial charge on any atom is -0.372 e. The van der Waals surface area contributed by atoms with Gasteiger partial charge in [0.2, 0.25) is 5.89 Å². The fraction of sp³-hybridized carbons (Fsp3) is 0.800. The first-order valence-corrected chi connectivity index (χ1v) is 7.96. The van der Waals surface area contributed by atoms with E-state index in [0.717, 1.165) is 12.2 Å². The Morgan fingerprint density at radius 1 is 1.36 bits per heavy atom. The molecule has 7 nitrogen and oxygen atoms in total. The Kier molecular flexibility index (Phi) is 5.76. The van der Waals surface area contributed by atoms with Gasteiger partial charge in [-0.1, -0.05) is 19.0 Å². The van der Waals surface area contributed by atoms with E-state index in [1.54, 1.807) is 0 Å². The van der Waals surface area contributed by atoms with Gasteiger partial charge in [-0.05, 0) is 20.3 Å². The van der Waals surface area contributed by atoms with Crippen molar-refractivity contribution in [3.8, 4) is 0 Å². The van der Waals surface area contributed by atoms with Gasteiger partial charge >= 0.3 is 6.03 Å². The first-order chi connectivity index (χ1) is 10.5. The van der Waals surface area contributed by atoms with E-state index in [2.05, 4.69) is 15.5 Å². The molecule has 1 aromatic rings. The van der Waals surface area contributed by atoms with E-state index >= 15 is 0 Å². The predicted octanol–water partition coefficient (Wildman–Crippen LogP) is 1.94. The molecule has 1 N–H and O–H groups in total. The van der Waals surface area contributed by atoms with Crippen LogP contribution in [-0.2, 0) is 11.2 Å². The average Bonchev–Trinajstić information content (AvgIpc) is 2.91. The number of hydrogen-bond donors (Lipinski definition) is 1. The molecule has 0 unspecified atom stereocenters. The van der Waals surface area contributed by atoms with Gasteiger partial charge in [-0.15, -0.1) is 0 Å². The second-order valence-electron chi connectivity index (χ2n) is 6.20. The van der Waals surface area contributed by atoms with Crippen molar-refractivity contribution in [2.45, 2.75) is 58.7 Å². The number of nitrogens with one attached hydrogen (secondary N) is 1. The topological polar surface area (TPSA) is 80.5 Å². The molecule has 124 valence electrons. The average molecular weight is 310 g/mol. The zero-order chi connectivity index (χ0) is 16.1. The van der Waals surface area contributed by atoms with Gasteiger partial charge in [0.25, 0.3) is 0 Å². The molecule has 1 fully saturated rings. The molecule has 7 heteroatoms. The molecule has 1 aliphatic heterocycles. The summed E-state index contributed by atoms with van der Waals surface area (Å²) in [4.78, 5) is 18.2. The molecule has 0 aromatic carbocycles. The quantitative estimate of drug-likeness (QED) is 0.841. The minimum absolute atomic E-state index is 0.0320. The first-order valence-electron chi connectivity index (χ1n) is 7.96. The van der Waals surface area contributed by atoms with Crippen LogP contribution in [0.1, 0.15) is 51.7 Å². The van der Waals surface area contributed by atoms with Crippen LogP contribution in [-0.4, -0.2) is 52.9 Å². The van der Waals surface area contributed by atoms with Crippen LogP contribution in [0.5, 0.6) is 0 Å². The molecule has 22 heavy (non-hydrogen) atoms. The number of amides is 2. The van der Waals surface area contributed by atoms with E-state index in [1.165, 1.54) is 0 Å². The molecule has 1 saturated heterocycles. The maximum absolute atomic E-state index is 12.1. The van der Waals surface area contributed by atoms with Crippen molar-refractivity contribution in [2.24, 2.45) is 0 Å². The molecule has 1 aromatic heterocycles. The highest BCUT2D eigenvalue weighted by molar-refractivity contribution is 5.74. The summed E-state index contributed by atoms with van der Waals surface area (Å²) in [6, 6.07) is -0.0320. The molecule has 0 aliphatic carbocycles. The Balaban J connectivity index is 1.68. The number of urea groups is 1. The Morgan fingerprint density at radius 2 is 2.05 bits per heavy atom. The van der Waals surface area contributed by atoms with Gasteiger partial charge in [-0.3, -0.25) is 0 Å². The van der Waals surface area contributed by atoms with Gasteiger partial charge in [0.15, 0.2) is 5.82 Å². The van der Waals surface area contributed by atoms with Crippen LogP contribution in [0.25, 0.3) is 0 Å². The molecule has 2 atom stereocenters. The van der Waals surface area contributed by atoms with Crippen molar-refractivity contribution in [3.05, 3.63) is 11.7 Å². The number of rotatable bonds is 5. The van der Waals surface area contributed by atoms with E-state index in [1.807, 2.05) is 32.6 Å². The van der Waals surface area contributed by atoms with Crippen LogP contribution in [0.15, 0.2) is 4.52 Å². The maximum Gasteiger partial charge on any atom is 0.317 e. The number of carbonyl (C=O) groups excluding carboxylic acids is 1. The number of morpholine rings is 1. The van der Waals surface area contributed by atoms with Gasteiger partial charge in [0.05, 0.1) is 12.2 Å². The molecule has 0 radical (unpaired) electrons. The van der Waals surface area contributed by atoms with Crippen LogP contribution < -0.4 is 5.32 Å². The molecule has 1 aliphatic rings. The summed E-state index contributed by atoms with van der Waals surface area (Å²) < 4.78 is 10.8. The number of nitrogens with zero attached hydrogens (tertiary/aromatic N) is 3. The number of ether oxygens (including phenoxy) is 1. The normalized spacial score (nSPS) is 22.1. The van der Waals surface area contributed by atoms with Crippen LogP contribution in [0, 0.1) is 0 Å². The fourth-order valence-electron chi connectivity index (χ4n) is 2.49. The Hall–Kier alpha value is -1.63. The Labute approximate surface area is 131 Å². The lowest BCUT2D eigenvalue weighted by Crippen LogP contribution is -2.51. The van der Waals surface area contributed by atoms with Crippen molar-refractivity contribution >= 4 is 6.03 Å². The van der Waals surface area contributed by atoms with Crippen molar-refractivity contribution < 1.29 is 14.1 Å². The zero-order valence-electron chi connectivity index (χ0n) is 13.8. The van der Waals surface area contributed by atoms with Crippen molar-refractivity contribution in [1.82, 2.24) is 20.4 Å². The molecular weight excluding hydrogens is 284 g/mol. The Bertz CT molecular complexity index is 479. The maximum atomic E-state index is 12.1. The van der Waals surface area contributed by atoms with Gasteiger partial charge in [-0.2, -0.15) is 4.98 Å². The minimum atomic E-state index is -0.0320. The van der Waals surface area contributed by atoms with Crippen LogP contribution in [0.4, 0.5) is 4.79 Å². The summed E-state index contributed by atoms with van der Waals surface area (Å²) in [7, 11) is 0. The summed E-state index contributed by atoms with van der Waals surface area (Å²) in [5.74, 6) is 1.63. The highest BCUT2D eigenvalue weighted by Gasteiger charge is 2.25. The highest BCUT2D eigenvalue weighted by atomic mass is 16.5. The molecule has 0 bridgehead atoms. The lowest BCUT2D eigenvalue weighted by molar-refractivity contribution is -0.0545. The smallest absolute Gasteiger partial charge is 0.317 e. The summed E-state index contributed by atoms with van der Waals surface area (Å²) in [6.07, 6.45) is 1.63. The fourth-order valence-corrected chi connectivity index (χ4v) is 2.49. The first kappa shape index (κ1) is 16.7. The molecule has 0 spiro atoms. The second kappa shape index (κ2) is 7.58. The number of hydrogen-bond acceptors (Lipinski definition) is 5. The van der Waals surface area contributed by atoms with Crippen molar-refractivity contribution in [2.75, 3.05) is 19.6 Å². The standard InChI is InChI=1S/C15H26N4O3/c1-10(2)14-17-13(22-18-14)6-5-7-16-15(20)19-8-11(3)21-12(4)9-19/h10-12H,5-9H2,1-4H3,(H,16,20)/t11-,12+. The van der Waals surface area contributed by atoms with Crippen LogP contribution >= 0.6 is 0 Å². The predicted molar refractivity (Wildman–Crippen MR) is 81.7 cm³/mol. The third-order valence-corrected chi connectivity index (χ3v) is 3.55. The monoisotopic (exact) mass is 310 g/mol. The van der Waals surface area contributed by atoms with Gasteiger partial charge in [-0.25, -0.2) is 4.79 Å². The molecule has 0 saturated carbocycles. The highest BCUT2D eigenvalue weighted by Crippen LogP contribution is 2.11. The second-order valence-corrected chi connectivity index (χ2v) is 6.20. The van der Waals surface area contributed by atoms with Crippen LogP contribution in [0.3, 0.4) is 0 Å². The SMILES string of the molecule is CC(C)c1noc(CCCNC(=O)N2C[C@@H](C)O[C@@H](C)C2)n1. The largest absolute Gasteiger partial charge is 0.372 e. The van der Waals surface area contributed by atoms with Gasteiger partial charge < -0.3 is 19.5 Å². The van der Waals surface area contributed by atoms with E-state index in [9.17, 15) is 4.79 Å². The van der Waals surface area contributed by atoms with Crippen molar-refractivity contribution in [3.63, 3.8) is 0 Å². The lowest BCUT2D eigenvalue weighted by atomic mass is 10.2.